The van der Waals surface area contributed by atoms with E-state index in [1.165, 1.54) is 16.8 Å². The summed E-state index contributed by atoms with van der Waals surface area (Å²) in [7, 11) is 2.08. The van der Waals surface area contributed by atoms with Crippen LogP contribution in [-0.2, 0) is 0 Å². The predicted molar refractivity (Wildman–Crippen MR) is 186 cm³/mol. The first-order chi connectivity index (χ1) is 22.7. The van der Waals surface area contributed by atoms with Crippen molar-refractivity contribution in [1.82, 2.24) is 24.6 Å². The smallest absolute Gasteiger partial charge is 0.151 e. The number of benzene rings is 2. The third kappa shape index (κ3) is 6.05. The molecule has 0 amide bonds. The molecule has 3 N–H and O–H groups in total. The first-order valence-electron chi connectivity index (χ1n) is 15.9. The minimum absolute atomic E-state index is 0.0191. The maximum absolute atomic E-state index is 14.8. The molecular formula is C36H41F2N9. The number of aliphatic imine (C=N–C) groups is 1. The Bertz CT molecular complexity index is 1830. The Morgan fingerprint density at radius 3 is 2.70 bits per heavy atom. The van der Waals surface area contributed by atoms with E-state index in [0.717, 1.165) is 83.9 Å². The Hall–Kier alpha value is -5.19. The number of aromatic nitrogens is 3. The van der Waals surface area contributed by atoms with Gasteiger partial charge in [0.1, 0.15) is 17.3 Å². The number of hydrogen-bond acceptors (Lipinski definition) is 8. The molecule has 0 radical (unpaired) electrons. The molecule has 2 aromatic carbocycles. The van der Waals surface area contributed by atoms with Gasteiger partial charge in [0.2, 0.25) is 0 Å². The van der Waals surface area contributed by atoms with Crippen LogP contribution in [0.5, 0.6) is 0 Å². The lowest BCUT2D eigenvalue weighted by Crippen LogP contribution is -2.37. The zero-order chi connectivity index (χ0) is 33.2. The average molecular weight is 638 g/mol. The molecule has 4 bridgehead atoms. The van der Waals surface area contributed by atoms with Crippen LogP contribution in [-0.4, -0.2) is 76.6 Å². The van der Waals surface area contributed by atoms with E-state index in [1.54, 1.807) is 12.4 Å². The first-order valence-corrected chi connectivity index (χ1v) is 15.9. The van der Waals surface area contributed by atoms with Gasteiger partial charge in [0, 0.05) is 68.4 Å². The Labute approximate surface area is 274 Å². The van der Waals surface area contributed by atoms with Gasteiger partial charge in [0.15, 0.2) is 5.82 Å². The maximum atomic E-state index is 14.8. The van der Waals surface area contributed by atoms with Gasteiger partial charge in [-0.15, -0.1) is 0 Å². The number of hydrogen-bond donors (Lipinski definition) is 2. The summed E-state index contributed by atoms with van der Waals surface area (Å²) in [6.07, 6.45) is 4.91. The van der Waals surface area contributed by atoms with Crippen molar-refractivity contribution < 1.29 is 8.78 Å². The Morgan fingerprint density at radius 2 is 1.96 bits per heavy atom. The molecule has 47 heavy (non-hydrogen) atoms. The van der Waals surface area contributed by atoms with Gasteiger partial charge in [-0.1, -0.05) is 24.8 Å². The number of fused-ring (bicyclic) bond motifs is 6. The van der Waals surface area contributed by atoms with E-state index in [0.29, 0.717) is 12.2 Å². The van der Waals surface area contributed by atoms with Gasteiger partial charge in [-0.2, -0.15) is 5.10 Å². The molecule has 4 heterocycles. The van der Waals surface area contributed by atoms with Gasteiger partial charge in [-0.25, -0.2) is 18.4 Å². The van der Waals surface area contributed by atoms with Gasteiger partial charge in [0.25, 0.3) is 0 Å². The summed E-state index contributed by atoms with van der Waals surface area (Å²) in [5, 5.41) is 8.16. The lowest BCUT2D eigenvalue weighted by atomic mass is 10.1. The zero-order valence-corrected chi connectivity index (χ0v) is 27.1. The number of para-hydroxylation sites is 1. The molecule has 244 valence electrons. The third-order valence-corrected chi connectivity index (χ3v) is 9.25. The van der Waals surface area contributed by atoms with Crippen LogP contribution >= 0.6 is 0 Å². The standard InChI is InChI=1S/C36H41F2N9/c1-6-45-17-9-16-44(5)24(3)33-19-26(42-35-13-8-11-30(43-35)27-10-7-12-31(40-4)36(27)45)22-46(33)34(20-39)28-21-41-47(23(28)2)32-15-14-25(37)18-29(32)38/h7-8,10-15,18,20-21,26,33H,3-4,6,9,16-17,19,22,39H2,1-2,5H3,(H,42,43)/b34-20+. The Balaban J connectivity index is 1.38. The van der Waals surface area contributed by atoms with E-state index in [9.17, 15) is 8.78 Å². The largest absolute Gasteiger partial charge is 0.403 e. The van der Waals surface area contributed by atoms with E-state index in [2.05, 4.69) is 63.4 Å². The number of nitrogens with one attached hydrogen (secondary N) is 1. The summed E-state index contributed by atoms with van der Waals surface area (Å²) in [6, 6.07) is 15.5. The topological polar surface area (TPSA) is 90.8 Å². The van der Waals surface area contributed by atoms with Crippen LogP contribution in [0.2, 0.25) is 0 Å². The summed E-state index contributed by atoms with van der Waals surface area (Å²) in [4.78, 5) is 16.2. The fraction of sp³-hybridized carbons (Fsp3) is 0.306. The van der Waals surface area contributed by atoms with Crippen LogP contribution in [0, 0.1) is 18.6 Å². The molecule has 4 aromatic rings. The summed E-state index contributed by atoms with van der Waals surface area (Å²) in [6.45, 7) is 15.5. The molecule has 2 aliphatic heterocycles. The summed E-state index contributed by atoms with van der Waals surface area (Å²) in [5.74, 6) is -0.568. The van der Waals surface area contributed by atoms with E-state index < -0.39 is 11.6 Å². The normalized spacial score (nSPS) is 18.8. The first kappa shape index (κ1) is 31.8. The molecule has 1 saturated heterocycles. The van der Waals surface area contributed by atoms with E-state index in [-0.39, 0.29) is 17.8 Å². The summed E-state index contributed by atoms with van der Waals surface area (Å²) < 4.78 is 29.9. The fourth-order valence-corrected chi connectivity index (χ4v) is 6.82. The van der Waals surface area contributed by atoms with E-state index in [1.807, 2.05) is 37.3 Å². The van der Waals surface area contributed by atoms with Crippen LogP contribution in [0.3, 0.4) is 0 Å². The van der Waals surface area contributed by atoms with Crippen molar-refractivity contribution in [2.45, 2.75) is 38.8 Å². The van der Waals surface area contributed by atoms with Crippen molar-refractivity contribution in [3.8, 4) is 16.9 Å². The maximum Gasteiger partial charge on any atom is 0.151 e. The minimum Gasteiger partial charge on any atom is -0.403 e. The number of pyridine rings is 1. The van der Waals surface area contributed by atoms with Gasteiger partial charge in [0.05, 0.1) is 40.7 Å². The number of rotatable bonds is 5. The minimum atomic E-state index is -0.691. The third-order valence-electron chi connectivity index (χ3n) is 9.25. The molecule has 2 aliphatic rings. The van der Waals surface area contributed by atoms with Crippen LogP contribution in [0.15, 0.2) is 84.3 Å². The van der Waals surface area contributed by atoms with Crippen molar-refractivity contribution in [3.63, 3.8) is 0 Å². The number of likely N-dealkylation sites (N-methyl/N-ethyl adjacent to an activating group) is 1. The van der Waals surface area contributed by atoms with Crippen LogP contribution in [0.4, 0.5) is 26.0 Å². The Morgan fingerprint density at radius 1 is 1.15 bits per heavy atom. The number of halogens is 2. The van der Waals surface area contributed by atoms with Gasteiger partial charge >= 0.3 is 0 Å². The second-order valence-electron chi connectivity index (χ2n) is 12.0. The average Bonchev–Trinajstić information content (AvgIpc) is 3.66. The molecule has 1 fully saturated rings. The molecule has 0 aliphatic carbocycles. The highest BCUT2D eigenvalue weighted by Gasteiger charge is 2.38. The zero-order valence-electron chi connectivity index (χ0n) is 27.1. The number of anilines is 2. The lowest BCUT2D eigenvalue weighted by Gasteiger charge is -2.35. The fourth-order valence-electron chi connectivity index (χ4n) is 6.82. The van der Waals surface area contributed by atoms with E-state index in [4.69, 9.17) is 10.7 Å². The van der Waals surface area contributed by atoms with Crippen molar-refractivity contribution in [2.75, 3.05) is 43.4 Å². The predicted octanol–water partition coefficient (Wildman–Crippen LogP) is 6.34. The van der Waals surface area contributed by atoms with Crippen molar-refractivity contribution in [2.24, 2.45) is 10.7 Å². The number of nitrogens with two attached hydrogens (primary N) is 1. The monoisotopic (exact) mass is 637 g/mol. The molecule has 2 aromatic heterocycles. The highest BCUT2D eigenvalue weighted by atomic mass is 19.1. The van der Waals surface area contributed by atoms with Crippen LogP contribution < -0.4 is 16.0 Å². The molecule has 0 saturated carbocycles. The van der Waals surface area contributed by atoms with Crippen LogP contribution in [0.25, 0.3) is 22.6 Å². The van der Waals surface area contributed by atoms with Gasteiger partial charge < -0.3 is 25.8 Å². The SMILES string of the molecule is C=Nc1cccc2c1N(CC)CCCN(C)C(=C)C1CC(CN1/C(=C/N)c1cnn(-c3ccc(F)cc3F)c1C)Nc1cccc-2n1. The second-order valence-corrected chi connectivity index (χ2v) is 12.0. The number of likely N-dealkylation sites (tertiary alicyclic amines) is 1. The highest BCUT2D eigenvalue weighted by Crippen LogP contribution is 2.40. The van der Waals surface area contributed by atoms with Crippen molar-refractivity contribution in [1.29, 1.82) is 0 Å². The molecule has 0 spiro atoms. The van der Waals surface area contributed by atoms with E-state index >= 15 is 0 Å². The quantitative estimate of drug-likeness (QED) is 0.247. The molecule has 11 heteroatoms. The van der Waals surface area contributed by atoms with Gasteiger partial charge in [-0.05, 0) is 63.7 Å². The number of nitrogens with zero attached hydrogens (tertiary/aromatic N) is 7. The molecule has 9 nitrogen and oxygen atoms in total. The van der Waals surface area contributed by atoms with Gasteiger partial charge in [-0.3, -0.25) is 4.99 Å². The summed E-state index contributed by atoms with van der Waals surface area (Å²) in [5.41, 5.74) is 13.4. The molecule has 6 rings (SSSR count). The van der Waals surface area contributed by atoms with Crippen molar-refractivity contribution >= 4 is 29.6 Å². The Kier molecular flexibility index (Phi) is 8.97. The van der Waals surface area contributed by atoms with Crippen LogP contribution in [0.1, 0.15) is 31.0 Å². The summed E-state index contributed by atoms with van der Waals surface area (Å²) >= 11 is 0. The highest BCUT2D eigenvalue weighted by molar-refractivity contribution is 5.86. The lowest BCUT2D eigenvalue weighted by molar-refractivity contribution is 0.310. The molecule has 2 atom stereocenters. The van der Waals surface area contributed by atoms with Crippen molar-refractivity contribution in [3.05, 3.63) is 102 Å². The molecular weight excluding hydrogens is 596 g/mol. The molecule has 2 unspecified atom stereocenters. The second kappa shape index (κ2) is 13.3.